The molecule has 0 N–H and O–H groups in total. The van der Waals surface area contributed by atoms with E-state index in [1.54, 1.807) is 23.9 Å². The van der Waals surface area contributed by atoms with E-state index in [2.05, 4.69) is 38.2 Å². The molecule has 0 aliphatic rings. The van der Waals surface area contributed by atoms with Crippen molar-refractivity contribution < 1.29 is 35.5 Å². The van der Waals surface area contributed by atoms with E-state index in [1.165, 1.54) is 193 Å². The molecule has 0 aliphatic carbocycles. The van der Waals surface area contributed by atoms with Crippen LogP contribution in [0.1, 0.15) is 271 Å². The minimum atomic E-state index is -4.14. The Morgan fingerprint density at radius 1 is 0.358 bits per heavy atom. The Morgan fingerprint density at radius 3 is 0.821 bits per heavy atom. The Labute approximate surface area is 445 Å². The minimum Gasteiger partial charge on any atom is -0.748 e. The van der Waals surface area contributed by atoms with Gasteiger partial charge in [0.2, 0.25) is 11.8 Å². The maximum absolute atomic E-state index is 12.1. The standard InChI is InChI=1S/2C27H53NO4S.Ca/c2*1-3-4-5-6-7-8-9-10-11-12-13-14-15-16-17-18-19-20-21-24-27(29)28(2)25-22-23-26-33(30,31)32;/h2*10-11H,3-9,12-26H2,1-2H3,(H,30,31,32);/q;;+2/p-2/b2*11-10+;. The molecule has 10 nitrogen and oxygen atoms in total. The van der Waals surface area contributed by atoms with Crippen molar-refractivity contribution in [2.45, 2.75) is 271 Å². The van der Waals surface area contributed by atoms with E-state index in [9.17, 15) is 35.5 Å². The fourth-order valence-corrected chi connectivity index (χ4v) is 9.11. The van der Waals surface area contributed by atoms with Gasteiger partial charge in [-0.3, -0.25) is 9.59 Å². The molecule has 0 aromatic carbocycles. The summed E-state index contributed by atoms with van der Waals surface area (Å²) in [6, 6.07) is 0. The van der Waals surface area contributed by atoms with Gasteiger partial charge in [-0.05, 0) is 89.9 Å². The topological polar surface area (TPSA) is 155 Å². The van der Waals surface area contributed by atoms with Crippen molar-refractivity contribution in [3.63, 3.8) is 0 Å². The van der Waals surface area contributed by atoms with Gasteiger partial charge in [-0.2, -0.15) is 0 Å². The van der Waals surface area contributed by atoms with Crippen LogP contribution in [-0.2, 0) is 29.8 Å². The van der Waals surface area contributed by atoms with Crippen LogP contribution < -0.4 is 0 Å². The third-order valence-corrected chi connectivity index (χ3v) is 14.0. The number of unbranched alkanes of at least 4 members (excludes halogenated alkanes) is 32. The Hall–Kier alpha value is -0.500. The third-order valence-electron chi connectivity index (χ3n) is 12.4. The van der Waals surface area contributed by atoms with E-state index in [1.807, 2.05) is 0 Å². The number of carbonyl (C=O) groups is 2. The summed E-state index contributed by atoms with van der Waals surface area (Å²) >= 11 is 0. The SMILES string of the molecule is CCCCCCCC/C=C/CCCCCCCCCCCC(=O)N(C)CCCCS(=O)(=O)[O-].CCCCCCCC/C=C/CCCCCCCCCCCC(=O)N(C)CCCCS(=O)(=O)[O-].[Ca+2]. The van der Waals surface area contributed by atoms with Gasteiger partial charge in [-0.15, -0.1) is 0 Å². The number of hydrogen-bond donors (Lipinski definition) is 0. The van der Waals surface area contributed by atoms with Crippen LogP contribution in [0.25, 0.3) is 0 Å². The Bertz CT molecular complexity index is 1260. The van der Waals surface area contributed by atoms with Crippen LogP contribution in [0.5, 0.6) is 0 Å². The first-order valence-corrected chi connectivity index (χ1v) is 30.5. The van der Waals surface area contributed by atoms with Gasteiger partial charge in [0.25, 0.3) is 0 Å². The fourth-order valence-electron chi connectivity index (χ4n) is 7.99. The van der Waals surface area contributed by atoms with Crippen LogP contribution in [0.2, 0.25) is 0 Å². The van der Waals surface area contributed by atoms with Crippen molar-refractivity contribution in [2.24, 2.45) is 0 Å². The molecule has 0 heterocycles. The second-order valence-corrected chi connectivity index (χ2v) is 22.1. The van der Waals surface area contributed by atoms with E-state index in [0.29, 0.717) is 51.6 Å². The maximum atomic E-state index is 12.1. The Morgan fingerprint density at radius 2 is 0.582 bits per heavy atom. The summed E-state index contributed by atoms with van der Waals surface area (Å²) in [6.07, 6.45) is 56.0. The van der Waals surface area contributed by atoms with Crippen molar-refractivity contribution in [1.82, 2.24) is 9.80 Å². The van der Waals surface area contributed by atoms with Gasteiger partial charge in [0.1, 0.15) is 0 Å². The molecule has 0 unspecified atom stereocenters. The third kappa shape index (κ3) is 61.6. The zero-order chi connectivity index (χ0) is 49.3. The second kappa shape index (κ2) is 53.3. The van der Waals surface area contributed by atoms with E-state index < -0.39 is 20.2 Å². The number of nitrogens with zero attached hydrogens (tertiary/aromatic N) is 2. The monoisotopic (exact) mass is 1010 g/mol. The minimum absolute atomic E-state index is 0. The van der Waals surface area contributed by atoms with Crippen LogP contribution in [0.3, 0.4) is 0 Å². The average Bonchev–Trinajstić information content (AvgIpc) is 3.27. The van der Waals surface area contributed by atoms with Gasteiger partial charge < -0.3 is 18.9 Å². The molecular weight excluding hydrogens is 909 g/mol. The first kappa shape index (κ1) is 70.8. The van der Waals surface area contributed by atoms with Crippen molar-refractivity contribution in [3.8, 4) is 0 Å². The Balaban J connectivity index is -0.00000120. The number of allylic oxidation sites excluding steroid dienone is 4. The molecule has 0 atom stereocenters. The fraction of sp³-hybridized carbons (Fsp3) is 0.889. The largest absolute Gasteiger partial charge is 2.00 e. The molecule has 13 heteroatoms. The summed E-state index contributed by atoms with van der Waals surface area (Å²) in [6.45, 7) is 5.57. The van der Waals surface area contributed by atoms with Gasteiger partial charge in [0.05, 0.1) is 20.2 Å². The van der Waals surface area contributed by atoms with E-state index in [0.717, 1.165) is 25.7 Å². The number of rotatable bonds is 48. The summed E-state index contributed by atoms with van der Waals surface area (Å²) in [4.78, 5) is 27.4. The molecule has 392 valence electrons. The van der Waals surface area contributed by atoms with Gasteiger partial charge >= 0.3 is 37.7 Å². The van der Waals surface area contributed by atoms with Gasteiger partial charge in [0, 0.05) is 51.5 Å². The summed E-state index contributed by atoms with van der Waals surface area (Å²) < 4.78 is 63.4. The maximum Gasteiger partial charge on any atom is 2.00 e. The molecule has 0 saturated carbocycles. The van der Waals surface area contributed by atoms with Gasteiger partial charge in [-0.1, -0.05) is 192 Å². The summed E-state index contributed by atoms with van der Waals surface area (Å²) in [7, 11) is -4.78. The molecule has 0 aromatic rings. The summed E-state index contributed by atoms with van der Waals surface area (Å²) in [5.74, 6) is -0.460. The zero-order valence-electron chi connectivity index (χ0n) is 44.1. The molecule has 0 aliphatic heterocycles. The van der Waals surface area contributed by atoms with Crippen LogP contribution in [0.4, 0.5) is 0 Å². The van der Waals surface area contributed by atoms with Crippen molar-refractivity contribution >= 4 is 69.8 Å². The Kier molecular flexibility index (Phi) is 56.3. The van der Waals surface area contributed by atoms with Gasteiger partial charge in [0.15, 0.2) is 0 Å². The normalized spacial score (nSPS) is 11.8. The quantitative estimate of drug-likeness (QED) is 0.0252. The average molecular weight is 1010 g/mol. The van der Waals surface area contributed by atoms with E-state index >= 15 is 0 Å². The molecule has 67 heavy (non-hydrogen) atoms. The molecule has 0 saturated heterocycles. The summed E-state index contributed by atoms with van der Waals surface area (Å²) in [5, 5.41) is 0. The first-order valence-electron chi connectivity index (χ1n) is 27.4. The molecule has 0 rings (SSSR count). The molecule has 0 bridgehead atoms. The van der Waals surface area contributed by atoms with E-state index in [4.69, 9.17) is 0 Å². The number of amides is 2. The van der Waals surface area contributed by atoms with Crippen molar-refractivity contribution in [2.75, 3.05) is 38.7 Å². The smallest absolute Gasteiger partial charge is 0.748 e. The predicted molar refractivity (Wildman–Crippen MR) is 284 cm³/mol. The van der Waals surface area contributed by atoms with E-state index in [-0.39, 0.29) is 61.1 Å². The molecular formula is C54H104CaN2O8S2. The first-order chi connectivity index (χ1) is 31.7. The second-order valence-electron chi connectivity index (χ2n) is 19.1. The van der Waals surface area contributed by atoms with Crippen LogP contribution in [-0.4, -0.2) is 124 Å². The van der Waals surface area contributed by atoms with Crippen LogP contribution in [0.15, 0.2) is 24.3 Å². The van der Waals surface area contributed by atoms with Crippen molar-refractivity contribution in [1.29, 1.82) is 0 Å². The zero-order valence-corrected chi connectivity index (χ0v) is 47.9. The number of hydrogen-bond acceptors (Lipinski definition) is 8. The van der Waals surface area contributed by atoms with Crippen LogP contribution >= 0.6 is 0 Å². The molecule has 0 fully saturated rings. The molecule has 0 spiro atoms. The molecule has 0 radical (unpaired) electrons. The number of carbonyl (C=O) groups excluding carboxylic acids is 2. The van der Waals surface area contributed by atoms with Crippen LogP contribution in [0, 0.1) is 0 Å². The summed E-state index contributed by atoms with van der Waals surface area (Å²) in [5.41, 5.74) is 0. The molecule has 2 amide bonds. The predicted octanol–water partition coefficient (Wildman–Crippen LogP) is 14.4. The van der Waals surface area contributed by atoms with Crippen molar-refractivity contribution in [3.05, 3.63) is 24.3 Å². The molecule has 0 aromatic heterocycles. The van der Waals surface area contributed by atoms with Gasteiger partial charge in [-0.25, -0.2) is 16.8 Å².